The highest BCUT2D eigenvalue weighted by Crippen LogP contribution is 2.26. The SMILES string of the molecule is O=C(CCOc1ccc(F)cc1)Nc1cnn(C2CCN(C(=O)c3ccc(-c4cccc(Br)c4)cc3)CC2)c1. The molecule has 0 aliphatic carbocycles. The molecule has 0 unspecified atom stereocenters. The van der Waals surface area contributed by atoms with Crippen LogP contribution >= 0.6 is 15.9 Å². The largest absolute Gasteiger partial charge is 0.493 e. The number of nitrogens with zero attached hydrogens (tertiary/aromatic N) is 3. The molecule has 2 amide bonds. The van der Waals surface area contributed by atoms with E-state index in [4.69, 9.17) is 4.74 Å². The molecule has 1 fully saturated rings. The molecular formula is C30H28BrFN4O3. The first-order valence-corrected chi connectivity index (χ1v) is 13.6. The van der Waals surface area contributed by atoms with E-state index in [1.807, 2.05) is 58.2 Å². The highest BCUT2D eigenvalue weighted by Gasteiger charge is 2.25. The summed E-state index contributed by atoms with van der Waals surface area (Å²) in [5.41, 5.74) is 3.45. The summed E-state index contributed by atoms with van der Waals surface area (Å²) in [5.74, 6) is 0.0184. The maximum Gasteiger partial charge on any atom is 0.253 e. The molecule has 39 heavy (non-hydrogen) atoms. The van der Waals surface area contributed by atoms with Gasteiger partial charge < -0.3 is 15.0 Å². The number of ether oxygens (including phenoxy) is 1. The zero-order chi connectivity index (χ0) is 27.2. The van der Waals surface area contributed by atoms with Gasteiger partial charge in [-0.25, -0.2) is 4.39 Å². The van der Waals surface area contributed by atoms with Crippen molar-refractivity contribution in [3.8, 4) is 16.9 Å². The van der Waals surface area contributed by atoms with E-state index in [0.717, 1.165) is 28.4 Å². The predicted octanol–water partition coefficient (Wildman–Crippen LogP) is 6.34. The Morgan fingerprint density at radius 3 is 2.46 bits per heavy atom. The Hall–Kier alpha value is -3.98. The van der Waals surface area contributed by atoms with Gasteiger partial charge in [-0.05, 0) is 72.5 Å². The van der Waals surface area contributed by atoms with Crippen LogP contribution in [0.4, 0.5) is 10.1 Å². The third kappa shape index (κ3) is 6.92. The second kappa shape index (κ2) is 12.3. The molecule has 1 aromatic heterocycles. The molecule has 200 valence electrons. The quantitative estimate of drug-likeness (QED) is 0.260. The number of aromatic nitrogens is 2. The Morgan fingerprint density at radius 1 is 1.00 bits per heavy atom. The van der Waals surface area contributed by atoms with Crippen LogP contribution in [0, 0.1) is 5.82 Å². The van der Waals surface area contributed by atoms with Gasteiger partial charge >= 0.3 is 0 Å². The molecule has 3 aromatic carbocycles. The molecule has 7 nitrogen and oxygen atoms in total. The highest BCUT2D eigenvalue weighted by molar-refractivity contribution is 9.10. The van der Waals surface area contributed by atoms with Gasteiger partial charge in [-0.1, -0.05) is 40.2 Å². The second-order valence-electron chi connectivity index (χ2n) is 9.42. The van der Waals surface area contributed by atoms with Crippen molar-refractivity contribution in [2.45, 2.75) is 25.3 Å². The lowest BCUT2D eigenvalue weighted by Crippen LogP contribution is -2.39. The number of nitrogens with one attached hydrogen (secondary N) is 1. The van der Waals surface area contributed by atoms with E-state index in [1.165, 1.54) is 24.3 Å². The third-order valence-electron chi connectivity index (χ3n) is 6.71. The van der Waals surface area contributed by atoms with Crippen LogP contribution in [0.3, 0.4) is 0 Å². The summed E-state index contributed by atoms with van der Waals surface area (Å²) in [6.07, 6.45) is 5.17. The lowest BCUT2D eigenvalue weighted by molar-refractivity contribution is -0.116. The fourth-order valence-corrected chi connectivity index (χ4v) is 5.01. The van der Waals surface area contributed by atoms with Crippen LogP contribution < -0.4 is 10.1 Å². The molecule has 9 heteroatoms. The van der Waals surface area contributed by atoms with Crippen LogP contribution in [0.25, 0.3) is 11.1 Å². The maximum absolute atomic E-state index is 13.1. The molecule has 0 saturated carbocycles. The number of carbonyl (C=O) groups excluding carboxylic acids is 2. The van der Waals surface area contributed by atoms with Crippen LogP contribution in [0.15, 0.2) is 89.7 Å². The zero-order valence-corrected chi connectivity index (χ0v) is 22.8. The van der Waals surface area contributed by atoms with Crippen LogP contribution in [0.1, 0.15) is 35.7 Å². The smallest absolute Gasteiger partial charge is 0.253 e. The van der Waals surface area contributed by atoms with Gasteiger partial charge in [0, 0.05) is 29.3 Å². The summed E-state index contributed by atoms with van der Waals surface area (Å²) in [7, 11) is 0. The number of hydrogen-bond donors (Lipinski definition) is 1. The van der Waals surface area contributed by atoms with Crippen molar-refractivity contribution in [2.24, 2.45) is 0 Å². The number of rotatable bonds is 8. The van der Waals surface area contributed by atoms with Crippen LogP contribution in [-0.2, 0) is 4.79 Å². The minimum atomic E-state index is -0.336. The molecule has 1 N–H and O–H groups in total. The number of carbonyl (C=O) groups is 2. The Kier molecular flexibility index (Phi) is 8.36. The van der Waals surface area contributed by atoms with Gasteiger partial charge in [-0.2, -0.15) is 5.10 Å². The van der Waals surface area contributed by atoms with Crippen molar-refractivity contribution in [2.75, 3.05) is 25.0 Å². The summed E-state index contributed by atoms with van der Waals surface area (Å²) in [5, 5.41) is 7.27. The number of likely N-dealkylation sites (tertiary alicyclic amines) is 1. The predicted molar refractivity (Wildman–Crippen MR) is 151 cm³/mol. The van der Waals surface area contributed by atoms with Crippen LogP contribution in [0.5, 0.6) is 5.75 Å². The van der Waals surface area contributed by atoms with E-state index >= 15 is 0 Å². The van der Waals surface area contributed by atoms with Gasteiger partial charge in [-0.3, -0.25) is 14.3 Å². The maximum atomic E-state index is 13.1. The summed E-state index contributed by atoms with van der Waals surface area (Å²) in [6, 6.07) is 21.6. The monoisotopic (exact) mass is 590 g/mol. The standard InChI is InChI=1S/C30H28BrFN4O3/c31-24-3-1-2-23(18-24)21-4-6-22(7-5-21)30(38)35-15-12-27(13-16-35)36-20-26(19-33-36)34-29(37)14-17-39-28-10-8-25(32)9-11-28/h1-11,18-20,27H,12-17H2,(H,34,37). The number of hydrogen-bond acceptors (Lipinski definition) is 4. The number of halogens is 2. The Labute approximate surface area is 234 Å². The average Bonchev–Trinajstić information content (AvgIpc) is 3.42. The molecule has 0 atom stereocenters. The molecule has 0 radical (unpaired) electrons. The van der Waals surface area contributed by atoms with Crippen LogP contribution in [0.2, 0.25) is 0 Å². The number of anilines is 1. The number of amides is 2. The number of piperidine rings is 1. The molecule has 1 aliphatic rings. The fraction of sp³-hybridized carbons (Fsp3) is 0.233. The summed E-state index contributed by atoms with van der Waals surface area (Å²) >= 11 is 3.50. The van der Waals surface area contributed by atoms with Crippen molar-refractivity contribution in [3.63, 3.8) is 0 Å². The zero-order valence-electron chi connectivity index (χ0n) is 21.2. The molecular weight excluding hydrogens is 563 g/mol. The molecule has 1 saturated heterocycles. The molecule has 2 heterocycles. The Balaban J connectivity index is 1.08. The van der Waals surface area contributed by atoms with Crippen LogP contribution in [-0.4, -0.2) is 46.2 Å². The Morgan fingerprint density at radius 2 is 1.74 bits per heavy atom. The molecule has 0 bridgehead atoms. The van der Waals surface area contributed by atoms with Gasteiger partial charge in [-0.15, -0.1) is 0 Å². The van der Waals surface area contributed by atoms with E-state index in [0.29, 0.717) is 30.1 Å². The lowest BCUT2D eigenvalue weighted by Gasteiger charge is -2.32. The first kappa shape index (κ1) is 26.6. The topological polar surface area (TPSA) is 76.5 Å². The van der Waals surface area contributed by atoms with E-state index < -0.39 is 0 Å². The summed E-state index contributed by atoms with van der Waals surface area (Å²) in [4.78, 5) is 27.2. The van der Waals surface area contributed by atoms with E-state index in [9.17, 15) is 14.0 Å². The normalized spacial score (nSPS) is 13.7. The minimum Gasteiger partial charge on any atom is -0.493 e. The number of benzene rings is 3. The van der Waals surface area contributed by atoms with Crippen molar-refractivity contribution >= 4 is 33.4 Å². The van der Waals surface area contributed by atoms with E-state index in [2.05, 4.69) is 32.4 Å². The van der Waals surface area contributed by atoms with Gasteiger partial charge in [0.25, 0.3) is 5.91 Å². The van der Waals surface area contributed by atoms with Crippen molar-refractivity contribution < 1.29 is 18.7 Å². The molecule has 5 rings (SSSR count). The highest BCUT2D eigenvalue weighted by atomic mass is 79.9. The van der Waals surface area contributed by atoms with Gasteiger partial charge in [0.2, 0.25) is 5.91 Å². The molecule has 4 aromatic rings. The minimum absolute atomic E-state index is 0.0329. The van der Waals surface area contributed by atoms with E-state index in [-0.39, 0.29) is 36.7 Å². The Bertz CT molecular complexity index is 1430. The molecule has 1 aliphatic heterocycles. The van der Waals surface area contributed by atoms with Gasteiger partial charge in [0.15, 0.2) is 0 Å². The summed E-state index contributed by atoms with van der Waals surface area (Å²) in [6.45, 7) is 1.46. The second-order valence-corrected chi connectivity index (χ2v) is 10.3. The van der Waals surface area contributed by atoms with Crippen molar-refractivity contribution in [3.05, 3.63) is 101 Å². The molecule has 0 spiro atoms. The van der Waals surface area contributed by atoms with E-state index in [1.54, 1.807) is 6.20 Å². The third-order valence-corrected chi connectivity index (χ3v) is 7.21. The van der Waals surface area contributed by atoms with Crippen molar-refractivity contribution in [1.29, 1.82) is 0 Å². The summed E-state index contributed by atoms with van der Waals surface area (Å²) < 4.78 is 21.3. The fourth-order valence-electron chi connectivity index (χ4n) is 4.61. The van der Waals surface area contributed by atoms with Gasteiger partial charge in [0.05, 0.1) is 31.0 Å². The lowest BCUT2D eigenvalue weighted by atomic mass is 10.0. The first-order chi connectivity index (χ1) is 18.9. The average molecular weight is 591 g/mol. The first-order valence-electron chi connectivity index (χ1n) is 12.8. The van der Waals surface area contributed by atoms with Gasteiger partial charge in [0.1, 0.15) is 11.6 Å². The van der Waals surface area contributed by atoms with Crippen molar-refractivity contribution in [1.82, 2.24) is 14.7 Å².